The Hall–Kier alpha value is -0.160. The molecule has 1 saturated heterocycles. The maximum absolute atomic E-state index is 5.59. The van der Waals surface area contributed by atoms with Crippen molar-refractivity contribution in [2.75, 3.05) is 53.4 Å². The summed E-state index contributed by atoms with van der Waals surface area (Å²) in [5.74, 6) is 0. The topological polar surface area (TPSA) is 41.7 Å². The van der Waals surface area contributed by atoms with Crippen molar-refractivity contribution in [2.45, 2.75) is 18.9 Å². The molecule has 2 N–H and O–H groups in total. The summed E-state index contributed by atoms with van der Waals surface area (Å²) in [4.78, 5) is 4.83. The van der Waals surface area contributed by atoms with Crippen LogP contribution in [0.5, 0.6) is 0 Å². The van der Waals surface area contributed by atoms with Crippen LogP contribution in [-0.2, 0) is 4.74 Å². The van der Waals surface area contributed by atoms with Gasteiger partial charge in [0.2, 0.25) is 0 Å². The predicted octanol–water partition coefficient (Wildman–Crippen LogP) is -0.0123. The summed E-state index contributed by atoms with van der Waals surface area (Å²) < 4.78 is 5.26. The van der Waals surface area contributed by atoms with E-state index in [1.807, 2.05) is 0 Å². The van der Waals surface area contributed by atoms with Crippen LogP contribution in [0.25, 0.3) is 0 Å². The number of ether oxygens (including phenoxy) is 1. The molecule has 0 spiro atoms. The molecular formula is C11H25N3O. The maximum Gasteiger partial charge on any atom is 0.0820 e. The number of likely N-dealkylation sites (tertiary alicyclic amines) is 1. The molecule has 4 heteroatoms. The highest BCUT2D eigenvalue weighted by atomic mass is 16.5. The first kappa shape index (κ1) is 12.9. The lowest BCUT2D eigenvalue weighted by Gasteiger charge is -2.24. The fraction of sp³-hybridized carbons (Fsp3) is 1.00. The summed E-state index contributed by atoms with van der Waals surface area (Å²) in [6, 6.07) is 0. The van der Waals surface area contributed by atoms with Crippen LogP contribution in [0.2, 0.25) is 0 Å². The largest absolute Gasteiger partial charge is 0.379 e. The molecule has 1 aliphatic rings. The highest BCUT2D eigenvalue weighted by Crippen LogP contribution is 2.06. The number of nitrogens with two attached hydrogens (primary N) is 1. The Labute approximate surface area is 93.4 Å². The molecule has 1 heterocycles. The van der Waals surface area contributed by atoms with Gasteiger partial charge in [-0.2, -0.15) is 0 Å². The molecule has 0 aromatic rings. The molecule has 1 rings (SSSR count). The average Bonchev–Trinajstić information content (AvgIpc) is 2.75. The van der Waals surface area contributed by atoms with Gasteiger partial charge in [0.15, 0.2) is 0 Å². The van der Waals surface area contributed by atoms with E-state index in [2.05, 4.69) is 16.8 Å². The maximum atomic E-state index is 5.59. The average molecular weight is 215 g/mol. The monoisotopic (exact) mass is 215 g/mol. The lowest BCUT2D eigenvalue weighted by Crippen LogP contribution is -2.39. The number of hydrogen-bond donors (Lipinski definition) is 1. The van der Waals surface area contributed by atoms with E-state index in [4.69, 9.17) is 10.5 Å². The van der Waals surface area contributed by atoms with Crippen LogP contribution in [0.15, 0.2) is 0 Å². The summed E-state index contributed by atoms with van der Waals surface area (Å²) >= 11 is 0. The molecule has 15 heavy (non-hydrogen) atoms. The minimum atomic E-state index is 0.175. The first-order chi connectivity index (χ1) is 7.26. The molecule has 0 aromatic carbocycles. The smallest absolute Gasteiger partial charge is 0.0820 e. The van der Waals surface area contributed by atoms with E-state index in [1.54, 1.807) is 7.11 Å². The van der Waals surface area contributed by atoms with Gasteiger partial charge in [0.1, 0.15) is 0 Å². The fourth-order valence-electron chi connectivity index (χ4n) is 2.00. The van der Waals surface area contributed by atoms with Crippen molar-refractivity contribution in [1.29, 1.82) is 0 Å². The normalized spacial score (nSPS) is 20.0. The third-order valence-electron chi connectivity index (χ3n) is 3.11. The molecule has 0 bridgehead atoms. The summed E-state index contributed by atoms with van der Waals surface area (Å²) in [5.41, 5.74) is 5.59. The molecule has 90 valence electrons. The summed E-state index contributed by atoms with van der Waals surface area (Å²) in [5, 5.41) is 0. The van der Waals surface area contributed by atoms with Crippen molar-refractivity contribution in [3.8, 4) is 0 Å². The van der Waals surface area contributed by atoms with Crippen LogP contribution < -0.4 is 5.73 Å². The molecule has 1 atom stereocenters. The van der Waals surface area contributed by atoms with E-state index in [0.717, 1.165) is 13.1 Å². The fourth-order valence-corrected chi connectivity index (χ4v) is 2.00. The molecule has 1 unspecified atom stereocenters. The van der Waals surface area contributed by atoms with Gasteiger partial charge in [-0.15, -0.1) is 0 Å². The van der Waals surface area contributed by atoms with Crippen LogP contribution in [0.4, 0.5) is 0 Å². The standard InChI is InChI=1S/C11H25N3O/c1-13(10-11(9-12)15-2)7-8-14-5-3-4-6-14/h11H,3-10,12H2,1-2H3. The Balaban J connectivity index is 2.08. The van der Waals surface area contributed by atoms with Crippen molar-refractivity contribution in [3.05, 3.63) is 0 Å². The zero-order valence-electron chi connectivity index (χ0n) is 10.1. The molecule has 0 radical (unpaired) electrons. The van der Waals surface area contributed by atoms with E-state index >= 15 is 0 Å². The Kier molecular flexibility index (Phi) is 6.17. The quantitative estimate of drug-likeness (QED) is 0.648. The van der Waals surface area contributed by atoms with Crippen molar-refractivity contribution in [1.82, 2.24) is 9.80 Å². The van der Waals surface area contributed by atoms with E-state index in [0.29, 0.717) is 6.54 Å². The third-order valence-corrected chi connectivity index (χ3v) is 3.11. The SMILES string of the molecule is COC(CN)CN(C)CCN1CCCC1. The number of nitrogens with zero attached hydrogens (tertiary/aromatic N) is 2. The van der Waals surface area contributed by atoms with Crippen LogP contribution in [0.1, 0.15) is 12.8 Å². The van der Waals surface area contributed by atoms with E-state index in [-0.39, 0.29) is 6.10 Å². The molecule has 0 saturated carbocycles. The van der Waals surface area contributed by atoms with Gasteiger partial charge in [-0.3, -0.25) is 0 Å². The van der Waals surface area contributed by atoms with Gasteiger partial charge in [0.25, 0.3) is 0 Å². The number of hydrogen-bond acceptors (Lipinski definition) is 4. The molecule has 1 aliphatic heterocycles. The first-order valence-corrected chi connectivity index (χ1v) is 5.90. The van der Waals surface area contributed by atoms with Crippen LogP contribution in [0.3, 0.4) is 0 Å². The lowest BCUT2D eigenvalue weighted by atomic mass is 10.3. The van der Waals surface area contributed by atoms with Crippen molar-refractivity contribution in [2.24, 2.45) is 5.73 Å². The van der Waals surface area contributed by atoms with Crippen LogP contribution in [-0.4, -0.2) is 69.3 Å². The minimum Gasteiger partial charge on any atom is -0.379 e. The van der Waals surface area contributed by atoms with Gasteiger partial charge in [0.05, 0.1) is 6.10 Å². The van der Waals surface area contributed by atoms with Gasteiger partial charge < -0.3 is 20.3 Å². The molecule has 0 aromatic heterocycles. The van der Waals surface area contributed by atoms with E-state index in [9.17, 15) is 0 Å². The highest BCUT2D eigenvalue weighted by Gasteiger charge is 2.13. The first-order valence-electron chi connectivity index (χ1n) is 5.90. The zero-order chi connectivity index (χ0) is 11.1. The van der Waals surface area contributed by atoms with Crippen LogP contribution in [0, 0.1) is 0 Å². The zero-order valence-corrected chi connectivity index (χ0v) is 10.1. The second-order valence-electron chi connectivity index (χ2n) is 4.40. The van der Waals surface area contributed by atoms with E-state index in [1.165, 1.54) is 32.5 Å². The van der Waals surface area contributed by atoms with Gasteiger partial charge >= 0.3 is 0 Å². The van der Waals surface area contributed by atoms with Gasteiger partial charge in [-0.05, 0) is 33.0 Å². The Morgan fingerprint density at radius 2 is 2.07 bits per heavy atom. The van der Waals surface area contributed by atoms with Gasteiger partial charge in [-0.25, -0.2) is 0 Å². The molecule has 4 nitrogen and oxygen atoms in total. The molecule has 1 fully saturated rings. The summed E-state index contributed by atoms with van der Waals surface area (Å²) in [6.45, 7) is 6.37. The third kappa shape index (κ3) is 4.93. The van der Waals surface area contributed by atoms with Crippen molar-refractivity contribution in [3.63, 3.8) is 0 Å². The van der Waals surface area contributed by atoms with Crippen molar-refractivity contribution < 1.29 is 4.74 Å². The number of methoxy groups -OCH3 is 1. The molecule has 0 amide bonds. The Bertz CT molecular complexity index is 156. The second kappa shape index (κ2) is 7.17. The van der Waals surface area contributed by atoms with E-state index < -0.39 is 0 Å². The Morgan fingerprint density at radius 1 is 1.40 bits per heavy atom. The number of rotatable bonds is 7. The summed E-state index contributed by atoms with van der Waals surface area (Å²) in [6.07, 6.45) is 2.91. The predicted molar refractivity (Wildman–Crippen MR) is 63.0 cm³/mol. The Morgan fingerprint density at radius 3 is 2.60 bits per heavy atom. The highest BCUT2D eigenvalue weighted by molar-refractivity contribution is 4.69. The number of likely N-dealkylation sites (N-methyl/N-ethyl adjacent to an activating group) is 1. The summed E-state index contributed by atoms with van der Waals surface area (Å²) in [7, 11) is 3.86. The van der Waals surface area contributed by atoms with Crippen molar-refractivity contribution >= 4 is 0 Å². The molecule has 0 aliphatic carbocycles. The molecular weight excluding hydrogens is 190 g/mol. The minimum absolute atomic E-state index is 0.175. The van der Waals surface area contributed by atoms with Gasteiger partial charge in [0, 0.05) is 33.3 Å². The second-order valence-corrected chi connectivity index (χ2v) is 4.40. The van der Waals surface area contributed by atoms with Gasteiger partial charge in [-0.1, -0.05) is 0 Å². The lowest BCUT2D eigenvalue weighted by molar-refractivity contribution is 0.0755. The van der Waals surface area contributed by atoms with Crippen LogP contribution >= 0.6 is 0 Å².